The summed E-state index contributed by atoms with van der Waals surface area (Å²) < 4.78 is 0. The molecule has 0 amide bonds. The molecule has 0 aromatic heterocycles. The van der Waals surface area contributed by atoms with Crippen molar-refractivity contribution >= 4 is 0 Å². The molecule has 17 heavy (non-hydrogen) atoms. The second-order valence-electron chi connectivity index (χ2n) is 7.46. The molecular formula is C17H18. The predicted octanol–water partition coefficient (Wildman–Crippen LogP) is 3.58. The van der Waals surface area contributed by atoms with Gasteiger partial charge >= 0.3 is 0 Å². The molecule has 0 saturated heterocycles. The van der Waals surface area contributed by atoms with E-state index in [0.29, 0.717) is 0 Å². The Morgan fingerprint density at radius 3 is 1.88 bits per heavy atom. The lowest BCUT2D eigenvalue weighted by molar-refractivity contribution is 0.135. The summed E-state index contributed by atoms with van der Waals surface area (Å²) in [7, 11) is 0. The van der Waals surface area contributed by atoms with Gasteiger partial charge in [0.2, 0.25) is 0 Å². The van der Waals surface area contributed by atoms with Gasteiger partial charge in [0.1, 0.15) is 0 Å². The molecule has 0 heteroatoms. The van der Waals surface area contributed by atoms with Crippen molar-refractivity contribution in [3.63, 3.8) is 0 Å². The second-order valence-corrected chi connectivity index (χ2v) is 7.46. The number of fused-ring (bicyclic) bond motifs is 7. The van der Waals surface area contributed by atoms with E-state index in [4.69, 9.17) is 0 Å². The van der Waals surface area contributed by atoms with E-state index in [-0.39, 0.29) is 0 Å². The Kier molecular flexibility index (Phi) is 1.03. The molecule has 0 N–H and O–H groups in total. The molecule has 4 fully saturated rings. The van der Waals surface area contributed by atoms with Crippen LogP contribution in [0.15, 0.2) is 36.5 Å². The molecule has 0 aromatic carbocycles. The van der Waals surface area contributed by atoms with Crippen molar-refractivity contribution in [1.82, 2.24) is 0 Å². The fraction of sp³-hybridized carbons (Fsp3) is 0.647. The highest BCUT2D eigenvalue weighted by molar-refractivity contribution is 5.45. The molecule has 6 aliphatic carbocycles. The fourth-order valence-corrected chi connectivity index (χ4v) is 7.50. The van der Waals surface area contributed by atoms with Gasteiger partial charge in [-0.3, -0.25) is 0 Å². The van der Waals surface area contributed by atoms with E-state index in [2.05, 4.69) is 36.5 Å². The van der Waals surface area contributed by atoms with Crippen LogP contribution in [0, 0.1) is 46.3 Å². The molecular weight excluding hydrogens is 204 g/mol. The molecule has 6 rings (SSSR count). The van der Waals surface area contributed by atoms with Crippen LogP contribution in [0.2, 0.25) is 0 Å². The molecule has 4 bridgehead atoms. The van der Waals surface area contributed by atoms with E-state index in [1.165, 1.54) is 6.42 Å². The summed E-state index contributed by atoms with van der Waals surface area (Å²) in [4.78, 5) is 0. The Morgan fingerprint density at radius 2 is 1.29 bits per heavy atom. The molecule has 0 radical (unpaired) electrons. The van der Waals surface area contributed by atoms with Gasteiger partial charge in [-0.2, -0.15) is 0 Å². The Labute approximate surface area is 102 Å². The highest BCUT2D eigenvalue weighted by Gasteiger charge is 2.89. The van der Waals surface area contributed by atoms with Gasteiger partial charge in [-0.25, -0.2) is 0 Å². The molecule has 0 spiro atoms. The van der Waals surface area contributed by atoms with Crippen molar-refractivity contribution in [2.75, 3.05) is 0 Å². The maximum absolute atomic E-state index is 2.59. The van der Waals surface area contributed by atoms with E-state index in [1.807, 2.05) is 0 Å². The van der Waals surface area contributed by atoms with Crippen LogP contribution in [-0.2, 0) is 0 Å². The zero-order chi connectivity index (χ0) is 10.8. The van der Waals surface area contributed by atoms with Crippen LogP contribution in [0.5, 0.6) is 0 Å². The van der Waals surface area contributed by atoms with Crippen LogP contribution in [0.1, 0.15) is 19.3 Å². The van der Waals surface area contributed by atoms with Gasteiger partial charge in [0.25, 0.3) is 0 Å². The van der Waals surface area contributed by atoms with Crippen molar-refractivity contribution in [2.45, 2.75) is 19.3 Å². The first-order valence-corrected chi connectivity index (χ1v) is 7.41. The van der Waals surface area contributed by atoms with Gasteiger partial charge in [-0.05, 0) is 65.6 Å². The molecule has 86 valence electrons. The molecule has 0 aliphatic heterocycles. The third kappa shape index (κ3) is 0.572. The normalized spacial score (nSPS) is 70.6. The van der Waals surface area contributed by atoms with Gasteiger partial charge in [-0.15, -0.1) is 0 Å². The van der Waals surface area contributed by atoms with E-state index in [1.54, 1.807) is 12.8 Å². The Balaban J connectivity index is 1.60. The van der Waals surface area contributed by atoms with Crippen LogP contribution >= 0.6 is 0 Å². The first kappa shape index (κ1) is 8.34. The highest BCUT2D eigenvalue weighted by Crippen LogP contribution is 2.94. The number of rotatable bonds is 0. The Bertz CT molecular complexity index is 480. The van der Waals surface area contributed by atoms with E-state index in [0.717, 1.165) is 46.3 Å². The van der Waals surface area contributed by atoms with Crippen molar-refractivity contribution in [1.29, 1.82) is 0 Å². The third-order valence-corrected chi connectivity index (χ3v) is 7.72. The first-order chi connectivity index (χ1) is 8.38. The summed E-state index contributed by atoms with van der Waals surface area (Å²) >= 11 is 0. The van der Waals surface area contributed by atoms with Crippen LogP contribution in [0.3, 0.4) is 0 Å². The van der Waals surface area contributed by atoms with Gasteiger partial charge in [0.15, 0.2) is 0 Å². The van der Waals surface area contributed by atoms with Gasteiger partial charge < -0.3 is 0 Å². The fourth-order valence-electron chi connectivity index (χ4n) is 7.50. The van der Waals surface area contributed by atoms with Crippen LogP contribution < -0.4 is 0 Å². The van der Waals surface area contributed by atoms with E-state index >= 15 is 0 Å². The minimum atomic E-state index is 0.799. The topological polar surface area (TPSA) is 0 Å². The maximum Gasteiger partial charge on any atom is -0.0129 e. The van der Waals surface area contributed by atoms with Crippen LogP contribution in [0.4, 0.5) is 0 Å². The van der Waals surface area contributed by atoms with Crippen LogP contribution in [-0.4, -0.2) is 0 Å². The third-order valence-electron chi connectivity index (χ3n) is 7.72. The van der Waals surface area contributed by atoms with Gasteiger partial charge in [0, 0.05) is 0 Å². The molecule has 6 aliphatic rings. The summed E-state index contributed by atoms with van der Waals surface area (Å²) in [6.45, 7) is 0. The van der Waals surface area contributed by atoms with E-state index in [9.17, 15) is 0 Å². The van der Waals surface area contributed by atoms with Gasteiger partial charge in [0.05, 0.1) is 0 Å². The first-order valence-electron chi connectivity index (χ1n) is 7.41. The second kappa shape index (κ2) is 2.11. The maximum atomic E-state index is 2.59. The largest absolute Gasteiger partial charge is 0.0845 e. The SMILES string of the molecule is C1=C[C@@H]2[C@H](C=C1)[C@@H]1C[C@H]2[C@@]23C[C@@]12[C@H]1C=C[C@@H]3C1. The van der Waals surface area contributed by atoms with Crippen molar-refractivity contribution < 1.29 is 0 Å². The Hall–Kier alpha value is -0.780. The standard InChI is InChI=1S/C17H18/c1-2-4-13-12(3-1)14-8-15(13)17-9-16(14,17)10-5-6-11(17)7-10/h1-6,10-15H,7-9H2/t10-,11+,12-,13+,14-,15+,16+,17-. The summed E-state index contributed by atoms with van der Waals surface area (Å²) in [5.74, 6) is 5.85. The summed E-state index contributed by atoms with van der Waals surface area (Å²) in [5, 5.41) is 0. The van der Waals surface area contributed by atoms with Crippen molar-refractivity contribution in [3.05, 3.63) is 36.5 Å². The quantitative estimate of drug-likeness (QED) is 0.550. The zero-order valence-corrected chi connectivity index (χ0v) is 10.0. The molecule has 4 saturated carbocycles. The zero-order valence-electron chi connectivity index (χ0n) is 10.0. The van der Waals surface area contributed by atoms with Crippen LogP contribution in [0.25, 0.3) is 0 Å². The lowest BCUT2D eigenvalue weighted by atomic mass is 9.64. The average Bonchev–Trinajstić information content (AvgIpc) is 2.80. The minimum absolute atomic E-state index is 0.799. The number of hydrogen-bond donors (Lipinski definition) is 0. The minimum Gasteiger partial charge on any atom is -0.0845 e. The van der Waals surface area contributed by atoms with Crippen molar-refractivity contribution in [3.8, 4) is 0 Å². The number of allylic oxidation sites excluding steroid dienone is 6. The summed E-state index contributed by atoms with van der Waals surface area (Å²) in [6, 6.07) is 0. The molecule has 0 aromatic rings. The Morgan fingerprint density at radius 1 is 0.706 bits per heavy atom. The van der Waals surface area contributed by atoms with Crippen molar-refractivity contribution in [2.24, 2.45) is 46.3 Å². The monoisotopic (exact) mass is 222 g/mol. The summed E-state index contributed by atoms with van der Waals surface area (Å²) in [5.41, 5.74) is 1.60. The van der Waals surface area contributed by atoms with Gasteiger partial charge in [-0.1, -0.05) is 36.5 Å². The number of hydrogen-bond acceptors (Lipinski definition) is 0. The predicted molar refractivity (Wildman–Crippen MR) is 67.1 cm³/mol. The lowest BCUT2D eigenvalue weighted by Gasteiger charge is -2.40. The summed E-state index contributed by atoms with van der Waals surface area (Å²) in [6.07, 6.45) is 19.5. The molecule has 0 unspecified atom stereocenters. The molecule has 8 atom stereocenters. The molecule has 0 heterocycles. The molecule has 0 nitrogen and oxygen atoms in total. The highest BCUT2D eigenvalue weighted by atomic mass is 14.9. The lowest BCUT2D eigenvalue weighted by Crippen LogP contribution is -2.36. The average molecular weight is 222 g/mol. The smallest absolute Gasteiger partial charge is 0.0129 e. The van der Waals surface area contributed by atoms with E-state index < -0.39 is 0 Å².